The Morgan fingerprint density at radius 1 is 0.765 bits per heavy atom. The number of amides is 4. The van der Waals surface area contributed by atoms with Crippen LogP contribution < -0.4 is 33.2 Å². The van der Waals surface area contributed by atoms with E-state index >= 15 is 0 Å². The minimum atomic E-state index is -1.50. The number of nitrogens with two attached hydrogens (primary N) is 3. The van der Waals surface area contributed by atoms with Crippen LogP contribution in [0.1, 0.15) is 44.9 Å². The fourth-order valence-corrected chi connectivity index (χ4v) is 2.99. The fraction of sp³-hybridized carbons (Fsp3) is 0.684. The van der Waals surface area contributed by atoms with E-state index in [0.29, 0.717) is 25.8 Å². The zero-order chi connectivity index (χ0) is 26.3. The maximum atomic E-state index is 12.7. The average Bonchev–Trinajstić information content (AvgIpc) is 2.76. The van der Waals surface area contributed by atoms with Crippen LogP contribution in [0.25, 0.3) is 0 Å². The Hall–Kier alpha value is -2.91. The molecule has 0 saturated heterocycles. The predicted octanol–water partition coefficient (Wildman–Crippen LogP) is -2.96. The highest BCUT2D eigenvalue weighted by Gasteiger charge is 2.30. The van der Waals surface area contributed by atoms with E-state index in [-0.39, 0.29) is 25.0 Å². The molecule has 0 aliphatic rings. The van der Waals surface area contributed by atoms with E-state index in [1.54, 1.807) is 0 Å². The van der Waals surface area contributed by atoms with E-state index in [9.17, 15) is 33.9 Å². The minimum absolute atomic E-state index is 0.167. The molecule has 0 bridgehead atoms. The van der Waals surface area contributed by atoms with Gasteiger partial charge in [0.05, 0.1) is 6.04 Å². The van der Waals surface area contributed by atoms with Gasteiger partial charge >= 0.3 is 11.9 Å². The van der Waals surface area contributed by atoms with Gasteiger partial charge in [0.25, 0.3) is 0 Å². The van der Waals surface area contributed by atoms with Crippen LogP contribution in [-0.2, 0) is 28.8 Å². The highest BCUT2D eigenvalue weighted by Crippen LogP contribution is 2.04. The van der Waals surface area contributed by atoms with Crippen molar-refractivity contribution in [2.24, 2.45) is 17.2 Å². The van der Waals surface area contributed by atoms with Crippen molar-refractivity contribution in [2.75, 3.05) is 12.3 Å². The molecular weight excluding hydrogens is 472 g/mol. The van der Waals surface area contributed by atoms with Gasteiger partial charge in [-0.1, -0.05) is 6.42 Å². The van der Waals surface area contributed by atoms with Crippen LogP contribution >= 0.6 is 12.6 Å². The number of carbonyl (C=O) groups excluding carboxylic acids is 4. The van der Waals surface area contributed by atoms with Gasteiger partial charge in [-0.2, -0.15) is 12.6 Å². The van der Waals surface area contributed by atoms with E-state index in [1.165, 1.54) is 0 Å². The lowest BCUT2D eigenvalue weighted by atomic mass is 10.1. The largest absolute Gasteiger partial charge is 0.481 e. The molecule has 4 atom stereocenters. The van der Waals surface area contributed by atoms with Gasteiger partial charge in [0.2, 0.25) is 23.6 Å². The van der Waals surface area contributed by atoms with E-state index in [2.05, 4.69) is 28.6 Å². The quantitative estimate of drug-likeness (QED) is 0.0674. The third-order valence-corrected chi connectivity index (χ3v) is 5.06. The lowest BCUT2D eigenvalue weighted by Crippen LogP contribution is -2.57. The van der Waals surface area contributed by atoms with E-state index in [0.717, 1.165) is 0 Å². The first kappa shape index (κ1) is 31.1. The number of carboxylic acids is 2. The Kier molecular flexibility index (Phi) is 15.2. The number of hydrogen-bond acceptors (Lipinski definition) is 9. The maximum absolute atomic E-state index is 12.7. The van der Waals surface area contributed by atoms with Crippen LogP contribution in [0, 0.1) is 0 Å². The first-order chi connectivity index (χ1) is 15.9. The molecule has 194 valence electrons. The number of hydrogen-bond donors (Lipinski definition) is 9. The zero-order valence-electron chi connectivity index (χ0n) is 18.7. The normalized spacial score (nSPS) is 14.2. The maximum Gasteiger partial charge on any atom is 0.326 e. The summed E-state index contributed by atoms with van der Waals surface area (Å²) in [7, 11) is 0. The average molecular weight is 507 g/mol. The Balaban J connectivity index is 5.24. The summed E-state index contributed by atoms with van der Waals surface area (Å²) in [6.45, 7) is 0.435. The van der Waals surface area contributed by atoms with Gasteiger partial charge in [0.15, 0.2) is 0 Å². The number of carbonyl (C=O) groups is 6. The third kappa shape index (κ3) is 13.0. The molecule has 0 spiro atoms. The van der Waals surface area contributed by atoms with Crippen molar-refractivity contribution in [1.29, 1.82) is 0 Å². The molecule has 11 N–H and O–H groups in total. The van der Waals surface area contributed by atoms with Crippen molar-refractivity contribution in [2.45, 2.75) is 69.1 Å². The molecule has 0 aromatic carbocycles. The summed E-state index contributed by atoms with van der Waals surface area (Å²) in [5.74, 6) is -6.05. The smallest absolute Gasteiger partial charge is 0.326 e. The summed E-state index contributed by atoms with van der Waals surface area (Å²) in [5.41, 5.74) is 16.4. The molecule has 0 aromatic rings. The van der Waals surface area contributed by atoms with Crippen molar-refractivity contribution in [3.8, 4) is 0 Å². The number of rotatable bonds is 18. The van der Waals surface area contributed by atoms with Gasteiger partial charge in [0.1, 0.15) is 18.1 Å². The Bertz CT molecular complexity index is 738. The summed E-state index contributed by atoms with van der Waals surface area (Å²) >= 11 is 3.98. The van der Waals surface area contributed by atoms with Gasteiger partial charge in [-0.05, 0) is 32.2 Å². The predicted molar refractivity (Wildman–Crippen MR) is 123 cm³/mol. The van der Waals surface area contributed by atoms with Crippen LogP contribution in [0.4, 0.5) is 0 Å². The number of primary amides is 1. The molecule has 0 aromatic heterocycles. The summed E-state index contributed by atoms with van der Waals surface area (Å²) < 4.78 is 0. The molecule has 0 rings (SSSR count). The lowest BCUT2D eigenvalue weighted by Gasteiger charge is -2.24. The first-order valence-corrected chi connectivity index (χ1v) is 11.3. The number of unbranched alkanes of at least 4 members (excludes halogenated alkanes) is 1. The second-order valence-electron chi connectivity index (χ2n) is 7.53. The molecule has 0 heterocycles. The van der Waals surface area contributed by atoms with Gasteiger partial charge in [-0.15, -0.1) is 0 Å². The lowest BCUT2D eigenvalue weighted by molar-refractivity contribution is -0.143. The van der Waals surface area contributed by atoms with E-state index in [4.69, 9.17) is 22.3 Å². The molecule has 0 saturated carbocycles. The second-order valence-corrected chi connectivity index (χ2v) is 7.90. The van der Waals surface area contributed by atoms with Gasteiger partial charge in [-0.3, -0.25) is 24.0 Å². The molecule has 34 heavy (non-hydrogen) atoms. The molecule has 4 amide bonds. The molecule has 0 aliphatic carbocycles. The van der Waals surface area contributed by atoms with Gasteiger partial charge < -0.3 is 43.4 Å². The summed E-state index contributed by atoms with van der Waals surface area (Å²) in [5, 5.41) is 24.8. The molecule has 15 heteroatoms. The molecule has 0 aliphatic heterocycles. The standard InChI is InChI=1S/C19H34N6O8S/c20-8-2-1-3-10(21)16(29)23-11(4-6-14(22)26)17(30)25-13(9-34)18(31)24-12(19(32)33)5-7-15(27)28/h10-13,34H,1-9,20-21H2,(H2,22,26)(H,23,29)(H,24,31)(H,25,30)(H,27,28)(H,32,33). The van der Waals surface area contributed by atoms with E-state index in [1.807, 2.05) is 0 Å². The van der Waals surface area contributed by atoms with Crippen molar-refractivity contribution in [3.05, 3.63) is 0 Å². The van der Waals surface area contributed by atoms with Crippen LogP contribution in [-0.4, -0.2) is 82.2 Å². The molecular formula is C19H34N6O8S. The number of nitrogens with one attached hydrogen (secondary N) is 3. The van der Waals surface area contributed by atoms with Crippen LogP contribution in [0.5, 0.6) is 0 Å². The SMILES string of the molecule is NCCCCC(N)C(=O)NC(CCC(N)=O)C(=O)NC(CS)C(=O)NC(CCC(=O)O)C(=O)O. The van der Waals surface area contributed by atoms with Crippen molar-refractivity contribution >= 4 is 48.2 Å². The van der Waals surface area contributed by atoms with Crippen LogP contribution in [0.2, 0.25) is 0 Å². The van der Waals surface area contributed by atoms with Crippen molar-refractivity contribution in [1.82, 2.24) is 16.0 Å². The topological polar surface area (TPSA) is 257 Å². The van der Waals surface area contributed by atoms with Gasteiger partial charge in [0, 0.05) is 18.6 Å². The second kappa shape index (κ2) is 16.7. The van der Waals surface area contributed by atoms with Crippen molar-refractivity contribution < 1.29 is 39.0 Å². The van der Waals surface area contributed by atoms with Crippen molar-refractivity contribution in [3.63, 3.8) is 0 Å². The summed E-state index contributed by atoms with van der Waals surface area (Å²) in [6.07, 6.45) is 0.300. The van der Waals surface area contributed by atoms with Gasteiger partial charge in [-0.25, -0.2) is 4.79 Å². The summed E-state index contributed by atoms with van der Waals surface area (Å²) in [6, 6.07) is -4.99. The highest BCUT2D eigenvalue weighted by molar-refractivity contribution is 7.80. The third-order valence-electron chi connectivity index (χ3n) is 4.70. The van der Waals surface area contributed by atoms with E-state index < -0.39 is 66.2 Å². The Morgan fingerprint density at radius 2 is 1.29 bits per heavy atom. The number of thiol groups is 1. The fourth-order valence-electron chi connectivity index (χ4n) is 2.74. The molecule has 14 nitrogen and oxygen atoms in total. The first-order valence-electron chi connectivity index (χ1n) is 10.6. The molecule has 0 fully saturated rings. The monoisotopic (exact) mass is 506 g/mol. The Morgan fingerprint density at radius 3 is 1.79 bits per heavy atom. The summed E-state index contributed by atoms with van der Waals surface area (Å²) in [4.78, 5) is 70.7. The number of aliphatic carboxylic acids is 2. The van der Waals surface area contributed by atoms with Crippen LogP contribution in [0.15, 0.2) is 0 Å². The zero-order valence-corrected chi connectivity index (χ0v) is 19.6. The number of carboxylic acid groups (broad SMARTS) is 2. The van der Waals surface area contributed by atoms with Crippen LogP contribution in [0.3, 0.4) is 0 Å². The molecule has 4 unspecified atom stereocenters. The molecule has 0 radical (unpaired) electrons. The highest BCUT2D eigenvalue weighted by atomic mass is 32.1. The minimum Gasteiger partial charge on any atom is -0.481 e. The Labute approximate surface area is 202 Å².